The Morgan fingerprint density at radius 2 is 2.03 bits per heavy atom. The Morgan fingerprint density at radius 3 is 2.77 bits per heavy atom. The van der Waals surface area contributed by atoms with Crippen LogP contribution < -0.4 is 19.9 Å². The summed E-state index contributed by atoms with van der Waals surface area (Å²) in [7, 11) is 0. The Morgan fingerprint density at radius 1 is 1.19 bits per heavy atom. The van der Waals surface area contributed by atoms with E-state index in [4.69, 9.17) is 13.9 Å². The van der Waals surface area contributed by atoms with Crippen LogP contribution in [0.25, 0.3) is 0 Å². The molecule has 164 valence electrons. The van der Waals surface area contributed by atoms with Gasteiger partial charge in [-0.15, -0.1) is 0 Å². The summed E-state index contributed by atoms with van der Waals surface area (Å²) in [5.74, 6) is 1.52. The number of piperazine rings is 1. The van der Waals surface area contributed by atoms with E-state index in [1.807, 2.05) is 30.3 Å². The molecule has 1 aromatic heterocycles. The molecule has 31 heavy (non-hydrogen) atoms. The number of ether oxygens (including phenoxy) is 2. The van der Waals surface area contributed by atoms with E-state index in [9.17, 15) is 9.59 Å². The van der Waals surface area contributed by atoms with Crippen molar-refractivity contribution < 1.29 is 23.5 Å². The molecule has 5 rings (SSSR count). The number of anilines is 2. The molecule has 2 atom stereocenters. The van der Waals surface area contributed by atoms with Crippen molar-refractivity contribution in [2.75, 3.05) is 49.1 Å². The molecule has 4 heterocycles. The Hall–Kier alpha value is -3.20. The predicted octanol–water partition coefficient (Wildman–Crippen LogP) is 1.82. The summed E-state index contributed by atoms with van der Waals surface area (Å²) < 4.78 is 16.9. The van der Waals surface area contributed by atoms with Crippen LogP contribution >= 0.6 is 0 Å². The fourth-order valence-corrected chi connectivity index (χ4v) is 4.42. The van der Waals surface area contributed by atoms with Gasteiger partial charge in [-0.05, 0) is 24.3 Å². The van der Waals surface area contributed by atoms with Crippen molar-refractivity contribution >= 4 is 23.4 Å². The van der Waals surface area contributed by atoms with E-state index < -0.39 is 12.2 Å². The normalized spacial score (nSPS) is 23.1. The molecule has 2 fully saturated rings. The summed E-state index contributed by atoms with van der Waals surface area (Å²) >= 11 is 0. The van der Waals surface area contributed by atoms with Gasteiger partial charge >= 0.3 is 6.09 Å². The average molecular weight is 426 g/mol. The second kappa shape index (κ2) is 8.14. The fourth-order valence-electron chi connectivity index (χ4n) is 4.42. The van der Waals surface area contributed by atoms with Gasteiger partial charge in [0.15, 0.2) is 0 Å². The number of nitrogens with zero attached hydrogens (tertiary/aromatic N) is 3. The summed E-state index contributed by atoms with van der Waals surface area (Å²) in [6.45, 7) is 6.60. The predicted molar refractivity (Wildman–Crippen MR) is 113 cm³/mol. The van der Waals surface area contributed by atoms with Crippen molar-refractivity contribution in [1.29, 1.82) is 0 Å². The Labute approximate surface area is 180 Å². The second-order valence-electron chi connectivity index (χ2n) is 8.10. The maximum atomic E-state index is 12.5. The van der Waals surface area contributed by atoms with Gasteiger partial charge < -0.3 is 24.1 Å². The van der Waals surface area contributed by atoms with Crippen LogP contribution in [0.15, 0.2) is 41.0 Å². The summed E-state index contributed by atoms with van der Waals surface area (Å²) in [6.07, 6.45) is 0.886. The van der Waals surface area contributed by atoms with E-state index in [1.54, 1.807) is 11.2 Å². The van der Waals surface area contributed by atoms with Gasteiger partial charge in [0.25, 0.3) is 0 Å². The zero-order valence-corrected chi connectivity index (χ0v) is 17.5. The minimum absolute atomic E-state index is 0.152. The lowest BCUT2D eigenvalue weighted by molar-refractivity contribution is -0.119. The first-order chi connectivity index (χ1) is 15.1. The molecular weight excluding hydrogens is 400 g/mol. The zero-order chi connectivity index (χ0) is 21.4. The molecular formula is C22H26N4O5. The lowest BCUT2D eigenvalue weighted by Gasteiger charge is -2.37. The first kappa shape index (κ1) is 19.7. The number of carbonyl (C=O) groups is 2. The van der Waals surface area contributed by atoms with E-state index in [1.165, 1.54) is 6.92 Å². The highest BCUT2D eigenvalue weighted by molar-refractivity contribution is 5.93. The van der Waals surface area contributed by atoms with Gasteiger partial charge in [0, 0.05) is 44.9 Å². The van der Waals surface area contributed by atoms with Gasteiger partial charge in [-0.25, -0.2) is 4.79 Å². The third-order valence-electron chi connectivity index (χ3n) is 6.07. The van der Waals surface area contributed by atoms with E-state index in [-0.39, 0.29) is 18.5 Å². The van der Waals surface area contributed by atoms with Gasteiger partial charge in [0.05, 0.1) is 25.0 Å². The van der Waals surface area contributed by atoms with Crippen molar-refractivity contribution in [3.63, 3.8) is 0 Å². The van der Waals surface area contributed by atoms with Crippen LogP contribution in [0, 0.1) is 0 Å². The number of carbonyl (C=O) groups excluding carboxylic acids is 2. The molecule has 2 aromatic rings. The van der Waals surface area contributed by atoms with Gasteiger partial charge in [0.2, 0.25) is 5.91 Å². The van der Waals surface area contributed by atoms with Crippen molar-refractivity contribution in [2.24, 2.45) is 0 Å². The summed E-state index contributed by atoms with van der Waals surface area (Å²) in [4.78, 5) is 30.1. The van der Waals surface area contributed by atoms with Crippen LogP contribution in [0.2, 0.25) is 0 Å². The van der Waals surface area contributed by atoms with Gasteiger partial charge in [-0.2, -0.15) is 0 Å². The molecule has 3 aliphatic heterocycles. The molecule has 0 aliphatic carbocycles. The summed E-state index contributed by atoms with van der Waals surface area (Å²) in [5.41, 5.74) is 1.80. The fraction of sp³-hybridized carbons (Fsp3) is 0.455. The Kier molecular flexibility index (Phi) is 5.19. The molecule has 0 unspecified atom stereocenters. The molecule has 0 radical (unpaired) electrons. The number of benzene rings is 1. The van der Waals surface area contributed by atoms with Crippen molar-refractivity contribution in [1.82, 2.24) is 10.2 Å². The van der Waals surface area contributed by atoms with Crippen molar-refractivity contribution in [3.8, 4) is 5.75 Å². The maximum Gasteiger partial charge on any atom is 0.415 e. The van der Waals surface area contributed by atoms with E-state index >= 15 is 0 Å². The minimum Gasteiger partial charge on any atom is -0.489 e. The molecule has 1 N–H and O–H groups in total. The minimum atomic E-state index is -0.425. The van der Waals surface area contributed by atoms with Crippen LogP contribution in [0.3, 0.4) is 0 Å². The molecule has 9 heteroatoms. The SMILES string of the molecule is CC(=O)NC[C@@H]1OC(=O)N2c3ccc(N4CCN(Cc5ccco5)CC4)cc3OC[C@@H]12. The highest BCUT2D eigenvalue weighted by Crippen LogP contribution is 2.41. The quantitative estimate of drug-likeness (QED) is 0.780. The topological polar surface area (TPSA) is 87.5 Å². The third-order valence-corrected chi connectivity index (χ3v) is 6.07. The first-order valence-electron chi connectivity index (χ1n) is 10.6. The first-order valence-corrected chi connectivity index (χ1v) is 10.6. The molecule has 0 saturated carbocycles. The third kappa shape index (κ3) is 3.93. The van der Waals surface area contributed by atoms with E-state index in [2.05, 4.69) is 15.1 Å². The number of amides is 2. The highest BCUT2D eigenvalue weighted by Gasteiger charge is 2.46. The maximum absolute atomic E-state index is 12.5. The van der Waals surface area contributed by atoms with Crippen LogP contribution in [-0.2, 0) is 16.1 Å². The zero-order valence-electron chi connectivity index (χ0n) is 17.5. The Bertz CT molecular complexity index is 955. The van der Waals surface area contributed by atoms with E-state index in [0.29, 0.717) is 18.0 Å². The number of furan rings is 1. The van der Waals surface area contributed by atoms with Crippen molar-refractivity contribution in [2.45, 2.75) is 25.6 Å². The molecule has 9 nitrogen and oxygen atoms in total. The average Bonchev–Trinajstić information content (AvgIpc) is 3.40. The number of hydrogen-bond donors (Lipinski definition) is 1. The number of nitrogens with one attached hydrogen (secondary N) is 1. The lowest BCUT2D eigenvalue weighted by Crippen LogP contribution is -2.48. The molecule has 2 amide bonds. The number of hydrogen-bond acceptors (Lipinski definition) is 7. The molecule has 0 spiro atoms. The molecule has 2 saturated heterocycles. The van der Waals surface area contributed by atoms with Crippen LogP contribution in [-0.4, -0.2) is 68.4 Å². The number of cyclic esters (lactones) is 1. The van der Waals surface area contributed by atoms with Crippen LogP contribution in [0.1, 0.15) is 12.7 Å². The Balaban J connectivity index is 1.25. The standard InChI is InChI=1S/C22H26N4O5/c1-15(27)23-12-21-19-14-30-20-11-16(4-5-18(20)26(19)22(28)31-21)25-8-6-24(7-9-25)13-17-3-2-10-29-17/h2-5,10-11,19,21H,6-9,12-14H2,1H3,(H,23,27)/t19-,21-/m0/s1. The molecule has 0 bridgehead atoms. The van der Waals surface area contributed by atoms with Gasteiger partial charge in [-0.3, -0.25) is 14.6 Å². The van der Waals surface area contributed by atoms with Crippen LogP contribution in [0.5, 0.6) is 5.75 Å². The second-order valence-corrected chi connectivity index (χ2v) is 8.10. The molecule has 3 aliphatic rings. The lowest BCUT2D eigenvalue weighted by atomic mass is 10.1. The molecule has 1 aromatic carbocycles. The highest BCUT2D eigenvalue weighted by atomic mass is 16.6. The summed E-state index contributed by atoms with van der Waals surface area (Å²) in [6, 6.07) is 9.63. The van der Waals surface area contributed by atoms with Gasteiger partial charge in [0.1, 0.15) is 30.3 Å². The van der Waals surface area contributed by atoms with E-state index in [0.717, 1.165) is 44.2 Å². The smallest absolute Gasteiger partial charge is 0.415 e. The number of fused-ring (bicyclic) bond motifs is 3. The van der Waals surface area contributed by atoms with Crippen LogP contribution in [0.4, 0.5) is 16.2 Å². The monoisotopic (exact) mass is 426 g/mol. The summed E-state index contributed by atoms with van der Waals surface area (Å²) in [5, 5.41) is 2.72. The van der Waals surface area contributed by atoms with Crippen molar-refractivity contribution in [3.05, 3.63) is 42.4 Å². The number of rotatable bonds is 5. The largest absolute Gasteiger partial charge is 0.489 e. The van der Waals surface area contributed by atoms with Gasteiger partial charge in [-0.1, -0.05) is 0 Å².